The van der Waals surface area contributed by atoms with Crippen LogP contribution in [0.5, 0.6) is 5.75 Å². The van der Waals surface area contributed by atoms with Crippen LogP contribution in [0.25, 0.3) is 0 Å². The predicted octanol–water partition coefficient (Wildman–Crippen LogP) is 3.39. The number of carbonyl (C=O) groups excluding carboxylic acids is 1. The lowest BCUT2D eigenvalue weighted by molar-refractivity contribution is -0.112. The van der Waals surface area contributed by atoms with Crippen molar-refractivity contribution in [2.75, 3.05) is 0 Å². The van der Waals surface area contributed by atoms with Crippen molar-refractivity contribution >= 4 is 6.29 Å². The van der Waals surface area contributed by atoms with Crippen LogP contribution in [0.2, 0.25) is 0 Å². The standard InChI is InChI=1S/C15H20O2/c1-2-13-5-3-4-6-15(13)17-14-9-7-12(11-16)8-10-14/h3-6,11-12,14H,2,7-10H2,1H3. The van der Waals surface area contributed by atoms with Crippen LogP contribution in [0.15, 0.2) is 24.3 Å². The molecule has 0 aliphatic heterocycles. The van der Waals surface area contributed by atoms with Crippen LogP contribution in [0.1, 0.15) is 38.2 Å². The van der Waals surface area contributed by atoms with E-state index in [1.54, 1.807) is 0 Å². The van der Waals surface area contributed by atoms with Gasteiger partial charge >= 0.3 is 0 Å². The van der Waals surface area contributed by atoms with Crippen molar-refractivity contribution in [1.29, 1.82) is 0 Å². The monoisotopic (exact) mass is 232 g/mol. The Morgan fingerprint density at radius 3 is 2.59 bits per heavy atom. The highest BCUT2D eigenvalue weighted by Gasteiger charge is 2.22. The highest BCUT2D eigenvalue weighted by Crippen LogP contribution is 2.28. The van der Waals surface area contributed by atoms with Crippen molar-refractivity contribution in [2.24, 2.45) is 5.92 Å². The SMILES string of the molecule is CCc1ccccc1OC1CCC(C=O)CC1. The number of para-hydroxylation sites is 1. The second-order valence-corrected chi connectivity index (χ2v) is 4.75. The van der Waals surface area contributed by atoms with Gasteiger partial charge in [0.05, 0.1) is 6.10 Å². The zero-order valence-electron chi connectivity index (χ0n) is 10.4. The smallest absolute Gasteiger partial charge is 0.123 e. The van der Waals surface area contributed by atoms with Crippen molar-refractivity contribution < 1.29 is 9.53 Å². The number of ether oxygens (including phenoxy) is 1. The lowest BCUT2D eigenvalue weighted by Crippen LogP contribution is -2.25. The first-order valence-corrected chi connectivity index (χ1v) is 6.53. The molecule has 17 heavy (non-hydrogen) atoms. The number of hydrogen-bond acceptors (Lipinski definition) is 2. The molecule has 0 atom stereocenters. The van der Waals surface area contributed by atoms with Crippen molar-refractivity contribution in [3.05, 3.63) is 29.8 Å². The number of aldehydes is 1. The van der Waals surface area contributed by atoms with Crippen molar-refractivity contribution in [2.45, 2.75) is 45.1 Å². The Hall–Kier alpha value is -1.31. The van der Waals surface area contributed by atoms with Gasteiger partial charge in [-0.2, -0.15) is 0 Å². The van der Waals surface area contributed by atoms with Crippen LogP contribution < -0.4 is 4.74 Å². The fourth-order valence-corrected chi connectivity index (χ4v) is 2.43. The van der Waals surface area contributed by atoms with E-state index in [-0.39, 0.29) is 5.92 Å². The molecule has 0 spiro atoms. The van der Waals surface area contributed by atoms with E-state index in [1.165, 1.54) is 5.56 Å². The maximum Gasteiger partial charge on any atom is 0.123 e. The predicted molar refractivity (Wildman–Crippen MR) is 68.3 cm³/mol. The molecule has 0 radical (unpaired) electrons. The van der Waals surface area contributed by atoms with Gasteiger partial charge in [-0.15, -0.1) is 0 Å². The van der Waals surface area contributed by atoms with Gasteiger partial charge in [-0.3, -0.25) is 0 Å². The molecule has 0 amide bonds. The molecule has 1 saturated carbocycles. The van der Waals surface area contributed by atoms with E-state index < -0.39 is 0 Å². The van der Waals surface area contributed by atoms with Gasteiger partial charge in [-0.05, 0) is 43.7 Å². The molecule has 2 nitrogen and oxygen atoms in total. The minimum absolute atomic E-state index is 0.260. The molecule has 1 fully saturated rings. The molecule has 0 heterocycles. The first kappa shape index (κ1) is 12.2. The van der Waals surface area contributed by atoms with Gasteiger partial charge in [0.2, 0.25) is 0 Å². The molecule has 0 aromatic heterocycles. The molecule has 1 aliphatic carbocycles. The third-order valence-corrected chi connectivity index (χ3v) is 3.56. The Morgan fingerprint density at radius 1 is 1.24 bits per heavy atom. The summed E-state index contributed by atoms with van der Waals surface area (Å²) in [7, 11) is 0. The second-order valence-electron chi connectivity index (χ2n) is 4.75. The summed E-state index contributed by atoms with van der Waals surface area (Å²) in [6.45, 7) is 2.14. The molecule has 1 aromatic carbocycles. The lowest BCUT2D eigenvalue weighted by Gasteiger charge is -2.27. The molecular formula is C15H20O2. The van der Waals surface area contributed by atoms with Crippen LogP contribution in [-0.2, 0) is 11.2 Å². The topological polar surface area (TPSA) is 26.3 Å². The number of carbonyl (C=O) groups is 1. The third kappa shape index (κ3) is 3.09. The highest BCUT2D eigenvalue weighted by atomic mass is 16.5. The van der Waals surface area contributed by atoms with Crippen LogP contribution in [0.3, 0.4) is 0 Å². The number of hydrogen-bond donors (Lipinski definition) is 0. The summed E-state index contributed by atoms with van der Waals surface area (Å²) in [5.74, 6) is 1.28. The van der Waals surface area contributed by atoms with Crippen molar-refractivity contribution in [1.82, 2.24) is 0 Å². The van der Waals surface area contributed by atoms with Crippen LogP contribution in [0.4, 0.5) is 0 Å². The van der Waals surface area contributed by atoms with E-state index >= 15 is 0 Å². The summed E-state index contributed by atoms with van der Waals surface area (Å²) < 4.78 is 6.05. The van der Waals surface area contributed by atoms with E-state index in [4.69, 9.17) is 4.74 Å². The molecule has 2 rings (SSSR count). The Morgan fingerprint density at radius 2 is 1.94 bits per heavy atom. The van der Waals surface area contributed by atoms with Crippen LogP contribution in [-0.4, -0.2) is 12.4 Å². The molecule has 92 valence electrons. The summed E-state index contributed by atoms with van der Waals surface area (Å²) in [6.07, 6.45) is 6.34. The molecule has 2 heteroatoms. The largest absolute Gasteiger partial charge is 0.490 e. The zero-order chi connectivity index (χ0) is 12.1. The molecule has 1 aromatic rings. The average molecular weight is 232 g/mol. The summed E-state index contributed by atoms with van der Waals surface area (Å²) in [5.41, 5.74) is 1.27. The average Bonchev–Trinajstić information content (AvgIpc) is 2.40. The molecule has 1 aliphatic rings. The maximum atomic E-state index is 10.7. The van der Waals surface area contributed by atoms with Crippen molar-refractivity contribution in [3.63, 3.8) is 0 Å². The van der Waals surface area contributed by atoms with Gasteiger partial charge in [-0.1, -0.05) is 25.1 Å². The Kier molecular flexibility index (Phi) is 4.18. The lowest BCUT2D eigenvalue weighted by atomic mass is 9.88. The van der Waals surface area contributed by atoms with E-state index in [0.717, 1.165) is 44.1 Å². The van der Waals surface area contributed by atoms with Gasteiger partial charge in [0.25, 0.3) is 0 Å². The highest BCUT2D eigenvalue weighted by molar-refractivity contribution is 5.53. The zero-order valence-corrected chi connectivity index (χ0v) is 10.4. The minimum Gasteiger partial charge on any atom is -0.490 e. The van der Waals surface area contributed by atoms with Gasteiger partial charge in [0.1, 0.15) is 12.0 Å². The minimum atomic E-state index is 0.260. The molecule has 0 unspecified atom stereocenters. The van der Waals surface area contributed by atoms with Gasteiger partial charge in [0.15, 0.2) is 0 Å². The fraction of sp³-hybridized carbons (Fsp3) is 0.533. The maximum absolute atomic E-state index is 10.7. The Balaban J connectivity index is 1.95. The van der Waals surface area contributed by atoms with Crippen LogP contribution >= 0.6 is 0 Å². The fourth-order valence-electron chi connectivity index (χ4n) is 2.43. The van der Waals surface area contributed by atoms with Crippen molar-refractivity contribution in [3.8, 4) is 5.75 Å². The Bertz CT molecular complexity index is 365. The van der Waals surface area contributed by atoms with Gasteiger partial charge in [-0.25, -0.2) is 0 Å². The summed E-state index contributed by atoms with van der Waals surface area (Å²) in [5, 5.41) is 0. The van der Waals surface area contributed by atoms with E-state index in [1.807, 2.05) is 12.1 Å². The normalized spacial score (nSPS) is 24.3. The number of benzene rings is 1. The molecule has 0 bridgehead atoms. The number of rotatable bonds is 4. The summed E-state index contributed by atoms with van der Waals surface area (Å²) in [4.78, 5) is 10.7. The molecule has 0 N–H and O–H groups in total. The summed E-state index contributed by atoms with van der Waals surface area (Å²) in [6, 6.07) is 8.23. The molecular weight excluding hydrogens is 212 g/mol. The van der Waals surface area contributed by atoms with E-state index in [9.17, 15) is 4.79 Å². The molecule has 0 saturated heterocycles. The number of aryl methyl sites for hydroxylation is 1. The quantitative estimate of drug-likeness (QED) is 0.744. The van der Waals surface area contributed by atoms with E-state index in [2.05, 4.69) is 19.1 Å². The third-order valence-electron chi connectivity index (χ3n) is 3.56. The summed E-state index contributed by atoms with van der Waals surface area (Å²) >= 11 is 0. The first-order chi connectivity index (χ1) is 8.33. The Labute approximate surface area is 103 Å². The van der Waals surface area contributed by atoms with Gasteiger partial charge in [0, 0.05) is 5.92 Å². The van der Waals surface area contributed by atoms with Crippen LogP contribution in [0, 0.1) is 5.92 Å². The first-order valence-electron chi connectivity index (χ1n) is 6.53. The van der Waals surface area contributed by atoms with Gasteiger partial charge < -0.3 is 9.53 Å². The second kappa shape index (κ2) is 5.85. The van der Waals surface area contributed by atoms with E-state index in [0.29, 0.717) is 6.10 Å².